The Hall–Kier alpha value is -7.28. The number of aliphatic hydroxyl groups excluding tert-OH is 1. The third kappa shape index (κ3) is 11.4. The molecule has 75 heavy (non-hydrogen) atoms. The van der Waals surface area contributed by atoms with Crippen LogP contribution in [0.2, 0.25) is 0 Å². The van der Waals surface area contributed by atoms with Gasteiger partial charge < -0.3 is 40.2 Å². The molecule has 0 saturated carbocycles. The van der Waals surface area contributed by atoms with E-state index < -0.39 is 35.4 Å². The van der Waals surface area contributed by atoms with Gasteiger partial charge in [0.1, 0.15) is 42.3 Å². The first-order valence-corrected chi connectivity index (χ1v) is 25.0. The van der Waals surface area contributed by atoms with E-state index in [1.54, 1.807) is 49.5 Å². The number of imide groups is 2. The van der Waals surface area contributed by atoms with Gasteiger partial charge in [0.2, 0.25) is 18.2 Å². The van der Waals surface area contributed by atoms with E-state index in [-0.39, 0.29) is 54.4 Å². The van der Waals surface area contributed by atoms with Crippen LogP contribution in [0, 0.1) is 30.9 Å². The summed E-state index contributed by atoms with van der Waals surface area (Å²) in [5.41, 5.74) is 3.38. The lowest BCUT2D eigenvalue weighted by molar-refractivity contribution is -0.139. The van der Waals surface area contributed by atoms with Crippen LogP contribution in [0.4, 0.5) is 20.3 Å². The van der Waals surface area contributed by atoms with Crippen molar-refractivity contribution in [3.05, 3.63) is 95.2 Å². The number of halogens is 2. The van der Waals surface area contributed by atoms with Crippen LogP contribution in [0.3, 0.4) is 0 Å². The molecule has 5 saturated heterocycles. The predicted molar refractivity (Wildman–Crippen MR) is 279 cm³/mol. The highest BCUT2D eigenvalue weighted by atomic mass is 19.1. The fraction of sp³-hybridized carbons (Fsp3) is 0.418. The summed E-state index contributed by atoms with van der Waals surface area (Å²) in [6, 6.07) is 13.6. The molecular formula is C55H62F2N10O8. The zero-order valence-corrected chi connectivity index (χ0v) is 42.1. The number of carbonyl (C=O) groups is 5. The Kier molecular flexibility index (Phi) is 17.2. The number of piperazine rings is 1. The van der Waals surface area contributed by atoms with Crippen molar-refractivity contribution in [1.29, 1.82) is 0 Å². The Bertz CT molecular complexity index is 3020. The van der Waals surface area contributed by atoms with E-state index in [1.165, 1.54) is 11.6 Å². The molecule has 5 aromatic rings. The molecule has 2 bridgehead atoms. The number of piperidine rings is 1. The number of carbonyl (C=O) groups excluding carboxylic acids is 5. The molecule has 0 spiro atoms. The highest BCUT2D eigenvalue weighted by Crippen LogP contribution is 2.45. The number of rotatable bonds is 16. The number of aromatic nitrogens is 3. The summed E-state index contributed by atoms with van der Waals surface area (Å²) in [6.45, 7) is 12.9. The third-order valence-electron chi connectivity index (χ3n) is 14.6. The summed E-state index contributed by atoms with van der Waals surface area (Å²) < 4.78 is 43.3. The van der Waals surface area contributed by atoms with E-state index in [4.69, 9.17) is 35.8 Å². The first-order chi connectivity index (χ1) is 36.3. The van der Waals surface area contributed by atoms with Gasteiger partial charge in [-0.2, -0.15) is 9.97 Å². The number of hydrogen-bond donors (Lipinski definition) is 5. The van der Waals surface area contributed by atoms with Crippen LogP contribution in [0.25, 0.3) is 32.9 Å². The number of terminal acetylenes is 1. The van der Waals surface area contributed by atoms with E-state index in [0.29, 0.717) is 83.0 Å². The maximum absolute atomic E-state index is 16.8. The quantitative estimate of drug-likeness (QED) is 0.0303. The van der Waals surface area contributed by atoms with Gasteiger partial charge in [0, 0.05) is 85.7 Å². The third-order valence-corrected chi connectivity index (χ3v) is 14.6. The van der Waals surface area contributed by atoms with E-state index in [2.05, 4.69) is 48.6 Å². The molecule has 20 heteroatoms. The Labute approximate surface area is 433 Å². The largest absolute Gasteiger partial charge is 0.461 e. The number of ether oxygens (including phenoxy) is 2. The van der Waals surface area contributed by atoms with Crippen LogP contribution in [0.5, 0.6) is 6.01 Å². The topological polar surface area (TPSA) is 221 Å². The summed E-state index contributed by atoms with van der Waals surface area (Å²) in [5, 5.41) is 22.6. The Balaban J connectivity index is 0.000000221. The normalized spacial score (nSPS) is 21.9. The van der Waals surface area contributed by atoms with Crippen LogP contribution < -0.4 is 30.9 Å². The number of nitrogens with zero attached hydrogens (tertiary/aromatic N) is 6. The van der Waals surface area contributed by atoms with Crippen molar-refractivity contribution >= 4 is 64.1 Å². The number of fused-ring (bicyclic) bond motifs is 5. The molecule has 5 aliphatic rings. The van der Waals surface area contributed by atoms with Crippen LogP contribution in [0.15, 0.2) is 66.9 Å². The molecule has 5 unspecified atom stereocenters. The van der Waals surface area contributed by atoms with Crippen molar-refractivity contribution in [1.82, 2.24) is 40.7 Å². The van der Waals surface area contributed by atoms with Gasteiger partial charge in [-0.1, -0.05) is 42.3 Å². The lowest BCUT2D eigenvalue weighted by Gasteiger charge is -2.35. The van der Waals surface area contributed by atoms with E-state index in [1.807, 2.05) is 19.9 Å². The molecular weight excluding hydrogens is 967 g/mol. The highest BCUT2D eigenvalue weighted by molar-refractivity contribution is 6.08. The Morgan fingerprint density at radius 1 is 1.08 bits per heavy atom. The van der Waals surface area contributed by atoms with Gasteiger partial charge in [0.05, 0.1) is 36.3 Å². The minimum Gasteiger partial charge on any atom is -0.461 e. The molecule has 5 aliphatic heterocycles. The number of amides is 4. The smallest absolute Gasteiger partial charge is 0.319 e. The maximum atomic E-state index is 16.8. The average molecular weight is 1030 g/mol. The number of pyridine rings is 1. The second-order valence-electron chi connectivity index (χ2n) is 19.4. The van der Waals surface area contributed by atoms with Crippen LogP contribution in [0.1, 0.15) is 66.4 Å². The second-order valence-corrected chi connectivity index (χ2v) is 19.4. The molecule has 2 aromatic heterocycles. The van der Waals surface area contributed by atoms with Crippen molar-refractivity contribution < 1.29 is 47.3 Å². The number of hydrogen-bond acceptors (Lipinski definition) is 16. The highest BCUT2D eigenvalue weighted by Gasteiger charge is 2.51. The molecule has 7 heterocycles. The fourth-order valence-electron chi connectivity index (χ4n) is 11.2. The summed E-state index contributed by atoms with van der Waals surface area (Å²) in [4.78, 5) is 75.2. The van der Waals surface area contributed by atoms with Gasteiger partial charge >= 0.3 is 6.01 Å². The maximum Gasteiger partial charge on any atom is 0.319 e. The lowest BCUT2D eigenvalue weighted by atomic mass is 9.94. The van der Waals surface area contributed by atoms with Crippen molar-refractivity contribution in [3.63, 3.8) is 0 Å². The molecule has 10 rings (SSSR count). The number of nitrogens with one attached hydrogen (secondary N) is 4. The van der Waals surface area contributed by atoms with Gasteiger partial charge in [-0.05, 0) is 87.7 Å². The van der Waals surface area contributed by atoms with Crippen LogP contribution in [-0.2, 0) is 23.9 Å². The van der Waals surface area contributed by atoms with Crippen LogP contribution in [-0.4, -0.2) is 157 Å². The average Bonchev–Trinajstić information content (AvgIpc) is 4.06. The number of likely N-dealkylation sites (N-methyl/N-ethyl adjacent to an activating group) is 1. The van der Waals surface area contributed by atoms with Crippen molar-refractivity contribution in [2.45, 2.75) is 81.6 Å². The number of aryl methyl sites for hydroxylation is 1. The molecule has 5 atom stereocenters. The number of anilines is 2. The van der Waals surface area contributed by atoms with Gasteiger partial charge in [0.15, 0.2) is 5.82 Å². The molecule has 4 amide bonds. The minimum atomic E-state index is -0.992. The standard InChI is InChI=1S/C36H37F2N7O.C18H23N3O6.CH2O/c1-4-26-29(37)11-8-22-6-5-7-27(30(22)26)32-31(38)33-28(16-40-32)34(44-18-23-9-10-24(19-44)41-23)43-35(42-33)46-20-36-13-12-25(15-39-3)45(36)17-21(2)14-36;1-12-10-13(19-6-8-27-9-7-22)2-3-14(12)18(26)21(11-23)15-4-5-16(24)20-17(15)25;1-2/h1,5-8,11,16,23-25,39,41H,2,9-10,12-15,17-20H2,3H3;2-3,10-11,15,19,22H,4-9H2,1H3,(H,20,24,25);1H2. The SMILES string of the molecule is C#Cc1c(F)ccc2cccc(-c3ncc4c(N5CC6CCC(C5)N6)nc(OCC56CCC(CNC)N5CC(=C)C6)nc4c3F)c12.C=O.Cc1cc(NCCOCCO)ccc1C(=O)N(C=O)C1CCC(=O)NC1=O. The molecule has 3 aromatic carbocycles. The zero-order chi connectivity index (χ0) is 53.4. The Morgan fingerprint density at radius 2 is 1.87 bits per heavy atom. The summed E-state index contributed by atoms with van der Waals surface area (Å²) in [5.74, 6) is 0.274. The van der Waals surface area contributed by atoms with Gasteiger partial charge in [-0.15, -0.1) is 6.42 Å². The van der Waals surface area contributed by atoms with E-state index in [9.17, 15) is 23.6 Å². The van der Waals surface area contributed by atoms with Crippen LogP contribution >= 0.6 is 0 Å². The second kappa shape index (κ2) is 23.9. The summed E-state index contributed by atoms with van der Waals surface area (Å²) in [7, 11) is 1.98. The lowest BCUT2D eigenvalue weighted by Crippen LogP contribution is -2.53. The molecule has 18 nitrogen and oxygen atoms in total. The molecule has 0 aliphatic carbocycles. The molecule has 394 valence electrons. The first kappa shape index (κ1) is 54.0. The fourth-order valence-corrected chi connectivity index (χ4v) is 11.2. The van der Waals surface area contributed by atoms with Crippen molar-refractivity contribution in [2.24, 2.45) is 0 Å². The van der Waals surface area contributed by atoms with E-state index >= 15 is 4.39 Å². The summed E-state index contributed by atoms with van der Waals surface area (Å²) >= 11 is 0. The molecule has 5 fully saturated rings. The van der Waals surface area contributed by atoms with Gasteiger partial charge in [-0.3, -0.25) is 39.3 Å². The molecule has 0 radical (unpaired) electrons. The van der Waals surface area contributed by atoms with E-state index in [0.717, 1.165) is 68.9 Å². The first-order valence-electron chi connectivity index (χ1n) is 25.0. The zero-order valence-electron chi connectivity index (χ0n) is 42.1. The van der Waals surface area contributed by atoms with Crippen molar-refractivity contribution in [2.75, 3.05) is 76.4 Å². The van der Waals surface area contributed by atoms with Gasteiger partial charge in [-0.25, -0.2) is 8.78 Å². The Morgan fingerprint density at radius 3 is 2.57 bits per heavy atom. The van der Waals surface area contributed by atoms with Gasteiger partial charge in [0.25, 0.3) is 5.91 Å². The summed E-state index contributed by atoms with van der Waals surface area (Å²) in [6.07, 6.45) is 13.0. The minimum absolute atomic E-state index is 0.0314. The monoisotopic (exact) mass is 1030 g/mol. The van der Waals surface area contributed by atoms with Crippen molar-refractivity contribution in [3.8, 4) is 29.6 Å². The number of benzene rings is 3. The molecule has 5 N–H and O–H groups in total. The predicted octanol–water partition coefficient (Wildman–Crippen LogP) is 4.44. The number of aliphatic hydroxyl groups is 1.